The maximum atomic E-state index is 11.6. The Morgan fingerprint density at radius 1 is 0.475 bits per heavy atom. The average molecular weight is 575 g/mol. The molecule has 0 unspecified atom stereocenters. The largest absolute Gasteiger partial charge is 0.469 e. The second-order valence-electron chi connectivity index (χ2n) is 10.4. The molecule has 0 saturated carbocycles. The third-order valence-electron chi connectivity index (χ3n) is 7.07. The fourth-order valence-electron chi connectivity index (χ4n) is 4.11. The first kappa shape index (κ1) is 38.2. The molecule has 236 valence electrons. The molecule has 0 aliphatic heterocycles. The summed E-state index contributed by atoms with van der Waals surface area (Å²) < 4.78 is 14.3. The van der Waals surface area contributed by atoms with E-state index >= 15 is 0 Å². The molecule has 0 aromatic carbocycles. The van der Waals surface area contributed by atoms with Gasteiger partial charge < -0.3 is 39.5 Å². The summed E-state index contributed by atoms with van der Waals surface area (Å²) in [7, 11) is 10.6. The van der Waals surface area contributed by atoms with Crippen molar-refractivity contribution >= 4 is 17.9 Å². The van der Waals surface area contributed by atoms with Gasteiger partial charge in [-0.2, -0.15) is 0 Å². The van der Waals surface area contributed by atoms with Crippen LogP contribution >= 0.6 is 0 Å². The van der Waals surface area contributed by atoms with E-state index < -0.39 is 0 Å². The number of carbonyl (C=O) groups excluding carboxylic acids is 3. The van der Waals surface area contributed by atoms with Gasteiger partial charge in [-0.1, -0.05) is 6.42 Å². The highest BCUT2D eigenvalue weighted by molar-refractivity contribution is 5.70. The van der Waals surface area contributed by atoms with Crippen LogP contribution in [0.3, 0.4) is 0 Å². The zero-order chi connectivity index (χ0) is 30.2. The molecular formula is C28H58N6O6. The third-order valence-corrected chi connectivity index (χ3v) is 7.07. The van der Waals surface area contributed by atoms with Crippen molar-refractivity contribution in [3.05, 3.63) is 0 Å². The van der Waals surface area contributed by atoms with Crippen LogP contribution in [-0.2, 0) is 28.6 Å². The molecule has 0 saturated heterocycles. The van der Waals surface area contributed by atoms with Crippen LogP contribution in [0.15, 0.2) is 0 Å². The van der Waals surface area contributed by atoms with Crippen molar-refractivity contribution in [3.8, 4) is 0 Å². The SMILES string of the molecule is COC(=O)CCCCCN(C)CCN(CCN(C)CCN)CCN(C)CCN(CCC(=O)OC)CCC(=O)OC. The summed E-state index contributed by atoms with van der Waals surface area (Å²) in [5, 5.41) is 0. The lowest BCUT2D eigenvalue weighted by atomic mass is 10.2. The van der Waals surface area contributed by atoms with Crippen molar-refractivity contribution in [2.75, 3.05) is 128 Å². The van der Waals surface area contributed by atoms with Gasteiger partial charge in [0, 0.05) is 85.0 Å². The second-order valence-corrected chi connectivity index (χ2v) is 10.4. The number of ether oxygens (including phenoxy) is 3. The Kier molecular flexibility index (Phi) is 23.8. The average Bonchev–Trinajstić information content (AvgIpc) is 2.95. The second kappa shape index (κ2) is 24.9. The van der Waals surface area contributed by atoms with Gasteiger partial charge in [0.05, 0.1) is 34.2 Å². The van der Waals surface area contributed by atoms with Crippen LogP contribution in [0.25, 0.3) is 0 Å². The molecule has 0 fully saturated rings. The van der Waals surface area contributed by atoms with Crippen molar-refractivity contribution in [1.82, 2.24) is 24.5 Å². The van der Waals surface area contributed by atoms with Gasteiger partial charge in [-0.3, -0.25) is 19.3 Å². The molecule has 0 amide bonds. The Bertz CT molecular complexity index is 651. The quantitative estimate of drug-likeness (QED) is 0.0863. The molecular weight excluding hydrogens is 516 g/mol. The normalized spacial score (nSPS) is 11.7. The van der Waals surface area contributed by atoms with Crippen LogP contribution in [-0.4, -0.2) is 170 Å². The minimum Gasteiger partial charge on any atom is -0.469 e. The molecule has 40 heavy (non-hydrogen) atoms. The van der Waals surface area contributed by atoms with Crippen molar-refractivity contribution in [3.63, 3.8) is 0 Å². The molecule has 0 bridgehead atoms. The Morgan fingerprint density at radius 3 is 1.27 bits per heavy atom. The van der Waals surface area contributed by atoms with E-state index in [2.05, 4.69) is 45.6 Å². The Hall–Kier alpha value is -1.83. The summed E-state index contributed by atoms with van der Waals surface area (Å²) in [4.78, 5) is 46.0. The number of unbranched alkanes of at least 4 members (excludes halogenated alkanes) is 2. The summed E-state index contributed by atoms with van der Waals surface area (Å²) in [5.41, 5.74) is 5.73. The van der Waals surface area contributed by atoms with Crippen molar-refractivity contribution in [2.45, 2.75) is 38.5 Å². The molecule has 12 heteroatoms. The lowest BCUT2D eigenvalue weighted by Crippen LogP contribution is -2.43. The minimum absolute atomic E-state index is 0.135. The summed E-state index contributed by atoms with van der Waals surface area (Å²) in [6.07, 6.45) is 4.04. The predicted octanol–water partition coefficient (Wildman–Crippen LogP) is 0.204. The van der Waals surface area contributed by atoms with Crippen LogP contribution in [0, 0.1) is 0 Å². The van der Waals surface area contributed by atoms with Crippen LogP contribution in [0.1, 0.15) is 38.5 Å². The summed E-state index contributed by atoms with van der Waals surface area (Å²) in [5.74, 6) is -0.640. The van der Waals surface area contributed by atoms with Gasteiger partial charge in [-0.05, 0) is 40.5 Å². The van der Waals surface area contributed by atoms with Crippen LogP contribution in [0.4, 0.5) is 0 Å². The fourth-order valence-corrected chi connectivity index (χ4v) is 4.11. The zero-order valence-corrected chi connectivity index (χ0v) is 26.2. The predicted molar refractivity (Wildman–Crippen MR) is 158 cm³/mol. The Morgan fingerprint density at radius 2 is 0.850 bits per heavy atom. The number of nitrogens with zero attached hydrogens (tertiary/aromatic N) is 5. The third kappa shape index (κ3) is 21.9. The van der Waals surface area contributed by atoms with E-state index in [1.165, 1.54) is 21.3 Å². The van der Waals surface area contributed by atoms with Crippen LogP contribution in [0.5, 0.6) is 0 Å². The van der Waals surface area contributed by atoms with Gasteiger partial charge in [0.25, 0.3) is 0 Å². The van der Waals surface area contributed by atoms with Gasteiger partial charge in [-0.25, -0.2) is 0 Å². The molecule has 2 N–H and O–H groups in total. The topological polar surface area (TPSA) is 121 Å². The number of carbonyl (C=O) groups is 3. The molecule has 0 rings (SSSR count). The summed E-state index contributed by atoms with van der Waals surface area (Å²) in [6.45, 7) is 11.0. The van der Waals surface area contributed by atoms with E-state index in [-0.39, 0.29) is 17.9 Å². The first-order valence-electron chi connectivity index (χ1n) is 14.6. The highest BCUT2D eigenvalue weighted by atomic mass is 16.5. The number of likely N-dealkylation sites (N-methyl/N-ethyl adjacent to an activating group) is 3. The van der Waals surface area contributed by atoms with E-state index in [1.54, 1.807) is 0 Å². The van der Waals surface area contributed by atoms with Gasteiger partial charge in [0.2, 0.25) is 0 Å². The smallest absolute Gasteiger partial charge is 0.306 e. The first-order valence-corrected chi connectivity index (χ1v) is 14.6. The Labute approximate surface area is 243 Å². The number of nitrogens with two attached hydrogens (primary N) is 1. The van der Waals surface area contributed by atoms with Crippen molar-refractivity contribution in [1.29, 1.82) is 0 Å². The van der Waals surface area contributed by atoms with Gasteiger partial charge in [0.1, 0.15) is 0 Å². The van der Waals surface area contributed by atoms with Crippen molar-refractivity contribution in [2.24, 2.45) is 5.73 Å². The highest BCUT2D eigenvalue weighted by Crippen LogP contribution is 2.03. The molecule has 0 heterocycles. The zero-order valence-electron chi connectivity index (χ0n) is 26.2. The number of hydrogen-bond donors (Lipinski definition) is 1. The van der Waals surface area contributed by atoms with Gasteiger partial charge in [-0.15, -0.1) is 0 Å². The Balaban J connectivity index is 4.69. The van der Waals surface area contributed by atoms with Crippen molar-refractivity contribution < 1.29 is 28.6 Å². The van der Waals surface area contributed by atoms with Crippen LogP contribution in [0.2, 0.25) is 0 Å². The van der Waals surface area contributed by atoms with E-state index in [4.69, 9.17) is 19.9 Å². The molecule has 12 nitrogen and oxygen atoms in total. The number of methoxy groups -OCH3 is 3. The monoisotopic (exact) mass is 574 g/mol. The highest BCUT2D eigenvalue weighted by Gasteiger charge is 2.14. The summed E-state index contributed by atoms with van der Waals surface area (Å²) in [6, 6.07) is 0. The molecule has 0 spiro atoms. The fraction of sp³-hybridized carbons (Fsp3) is 0.893. The first-order chi connectivity index (χ1) is 19.1. The number of hydrogen-bond acceptors (Lipinski definition) is 12. The van der Waals surface area contributed by atoms with Crippen LogP contribution < -0.4 is 5.73 Å². The molecule has 0 aliphatic rings. The van der Waals surface area contributed by atoms with Gasteiger partial charge >= 0.3 is 17.9 Å². The number of rotatable bonds is 26. The minimum atomic E-state index is -0.252. The summed E-state index contributed by atoms with van der Waals surface area (Å²) >= 11 is 0. The van der Waals surface area contributed by atoms with E-state index in [9.17, 15) is 14.4 Å². The maximum Gasteiger partial charge on any atom is 0.306 e. The lowest BCUT2D eigenvalue weighted by molar-refractivity contribution is -0.142. The standard InChI is InChI=1S/C28H58N6O6/c1-30(14-9-7-8-10-26(35)38-4)18-23-34(24-19-31(2)17-13-29)25-21-32(3)20-22-33(15-11-27(36)39-5)16-12-28(37)40-6/h7-25,29H2,1-6H3. The molecule has 0 aliphatic carbocycles. The van der Waals surface area contributed by atoms with E-state index in [0.29, 0.717) is 38.9 Å². The van der Waals surface area contributed by atoms with E-state index in [1.807, 2.05) is 0 Å². The maximum absolute atomic E-state index is 11.6. The van der Waals surface area contributed by atoms with E-state index in [0.717, 1.165) is 84.7 Å². The molecule has 0 aromatic heterocycles. The van der Waals surface area contributed by atoms with Gasteiger partial charge in [0.15, 0.2) is 0 Å². The molecule has 0 radical (unpaired) electrons. The molecule has 0 atom stereocenters. The lowest BCUT2D eigenvalue weighted by Gasteiger charge is -2.30. The molecule has 0 aromatic rings. The number of esters is 3.